The summed E-state index contributed by atoms with van der Waals surface area (Å²) in [4.78, 5) is 18.3. The zero-order valence-electron chi connectivity index (χ0n) is 25.2. The number of fused-ring (bicyclic) bond motifs is 3. The van der Waals surface area contributed by atoms with Gasteiger partial charge in [-0.15, -0.1) is 0 Å². The number of carbonyl (C=O) groups excluding carboxylic acids is 1. The number of carbonyl (C=O) groups is 1. The van der Waals surface area contributed by atoms with Crippen LogP contribution < -0.4 is 14.8 Å². The fourth-order valence-corrected chi connectivity index (χ4v) is 6.16. The van der Waals surface area contributed by atoms with E-state index in [1.165, 1.54) is 16.5 Å². The van der Waals surface area contributed by atoms with Crippen molar-refractivity contribution in [3.05, 3.63) is 83.5 Å². The zero-order valence-corrected chi connectivity index (χ0v) is 25.9. The summed E-state index contributed by atoms with van der Waals surface area (Å²) >= 11 is 6.35. The van der Waals surface area contributed by atoms with Crippen molar-refractivity contribution in [3.63, 3.8) is 0 Å². The number of aromatic nitrogens is 1. The third kappa shape index (κ3) is 7.93. The van der Waals surface area contributed by atoms with Gasteiger partial charge < -0.3 is 24.1 Å². The van der Waals surface area contributed by atoms with Gasteiger partial charge in [0.05, 0.1) is 32.1 Å². The first kappa shape index (κ1) is 30.5. The summed E-state index contributed by atoms with van der Waals surface area (Å²) in [5, 5.41) is 4.84. The molecule has 0 bridgehead atoms. The normalized spacial score (nSPS) is 17.7. The van der Waals surface area contributed by atoms with Gasteiger partial charge in [0.1, 0.15) is 0 Å². The smallest absolute Gasteiger partial charge is 0.238 e. The Balaban J connectivity index is 1.21. The fraction of sp³-hybridized carbons (Fsp3) is 0.400. The van der Waals surface area contributed by atoms with Crippen LogP contribution in [0.1, 0.15) is 31.2 Å². The van der Waals surface area contributed by atoms with Crippen molar-refractivity contribution in [2.45, 2.75) is 38.8 Å². The van der Waals surface area contributed by atoms with Crippen LogP contribution in [0.15, 0.2) is 72.9 Å². The first-order chi connectivity index (χ1) is 21.6. The maximum Gasteiger partial charge on any atom is 0.238 e. The van der Waals surface area contributed by atoms with Gasteiger partial charge in [-0.2, -0.15) is 0 Å². The number of benzene rings is 3. The number of nitrogens with one attached hydrogen (secondary N) is 1. The Morgan fingerprint density at radius 2 is 1.57 bits per heavy atom. The molecule has 1 saturated heterocycles. The Hall–Kier alpha value is -3.56. The number of hydrogen-bond acceptors (Lipinski definition) is 6. The van der Waals surface area contributed by atoms with E-state index in [1.54, 1.807) is 18.2 Å². The lowest BCUT2D eigenvalue weighted by molar-refractivity contribution is -0.117. The van der Waals surface area contributed by atoms with E-state index >= 15 is 0 Å². The van der Waals surface area contributed by atoms with Gasteiger partial charge in [0.25, 0.3) is 0 Å². The van der Waals surface area contributed by atoms with Crippen LogP contribution in [0.4, 0.5) is 5.69 Å². The van der Waals surface area contributed by atoms with E-state index in [0.717, 1.165) is 71.6 Å². The summed E-state index contributed by atoms with van der Waals surface area (Å²) in [6, 6.07) is 21.5. The molecule has 0 spiro atoms. The molecule has 0 saturated carbocycles. The molecule has 6 rings (SSSR count). The van der Waals surface area contributed by atoms with Gasteiger partial charge >= 0.3 is 0 Å². The first-order valence-electron chi connectivity index (χ1n) is 15.7. The third-order valence-corrected chi connectivity index (χ3v) is 8.54. The lowest BCUT2D eigenvalue weighted by atomic mass is 10.1. The van der Waals surface area contributed by atoms with Crippen LogP contribution in [-0.2, 0) is 22.6 Å². The molecule has 2 aliphatic rings. The number of amides is 1. The maximum atomic E-state index is 13.5. The van der Waals surface area contributed by atoms with E-state index < -0.39 is 0 Å². The second-order valence-electron chi connectivity index (χ2n) is 11.5. The summed E-state index contributed by atoms with van der Waals surface area (Å²) in [6.45, 7) is 7.87. The van der Waals surface area contributed by atoms with Gasteiger partial charge in [0, 0.05) is 54.8 Å². The van der Waals surface area contributed by atoms with Crippen LogP contribution in [0.2, 0.25) is 5.02 Å². The largest absolute Gasteiger partial charge is 0.490 e. The second kappa shape index (κ2) is 14.9. The summed E-state index contributed by atoms with van der Waals surface area (Å²) in [5.74, 6) is 1.69. The SMILES string of the molecule is O=C1CN(Cc2cn(CCN3CCOCC3)c3ccccc23)CCCCCCOc2ccccc2Oc2ccc(Cl)cc2N1. The standard InChI is InChI=1S/C35H41ClN4O4/c36-28-13-14-32-30(23-28)37-35(41)26-39(15-7-1-2-8-20-43-33-11-5-6-12-34(33)44-32)24-27-25-40(31-10-4-3-9-29(27)31)17-16-38-18-21-42-22-19-38/h3-6,9-14,23,25H,1-2,7-8,15-22,24,26H2,(H,37,41). The minimum atomic E-state index is -0.107. The molecular weight excluding hydrogens is 576 g/mol. The molecule has 1 fully saturated rings. The van der Waals surface area contributed by atoms with Crippen molar-refractivity contribution < 1.29 is 19.0 Å². The molecule has 8 nitrogen and oxygen atoms in total. The molecule has 0 unspecified atom stereocenters. The van der Waals surface area contributed by atoms with Gasteiger partial charge in [-0.3, -0.25) is 14.6 Å². The Morgan fingerprint density at radius 3 is 2.45 bits per heavy atom. The number of para-hydroxylation sites is 3. The lowest BCUT2D eigenvalue weighted by Crippen LogP contribution is -2.38. The molecule has 0 aliphatic carbocycles. The number of nitrogens with zero attached hydrogens (tertiary/aromatic N) is 3. The third-order valence-electron chi connectivity index (χ3n) is 8.30. The van der Waals surface area contributed by atoms with Crippen molar-refractivity contribution in [2.75, 3.05) is 57.9 Å². The Labute approximate surface area is 264 Å². The van der Waals surface area contributed by atoms with Crippen LogP contribution in [0.3, 0.4) is 0 Å². The van der Waals surface area contributed by atoms with Crippen molar-refractivity contribution in [1.82, 2.24) is 14.4 Å². The number of anilines is 1. The van der Waals surface area contributed by atoms with Crippen LogP contribution in [0, 0.1) is 0 Å². The molecule has 1 N–H and O–H groups in total. The summed E-state index contributed by atoms with van der Waals surface area (Å²) in [5.41, 5.74) is 3.00. The molecule has 3 aromatic carbocycles. The minimum absolute atomic E-state index is 0.107. The van der Waals surface area contributed by atoms with E-state index in [0.29, 0.717) is 41.1 Å². The molecular formula is C35H41ClN4O4. The maximum absolute atomic E-state index is 13.5. The monoisotopic (exact) mass is 616 g/mol. The molecule has 44 heavy (non-hydrogen) atoms. The van der Waals surface area contributed by atoms with Crippen molar-refractivity contribution in [1.29, 1.82) is 0 Å². The van der Waals surface area contributed by atoms with Crippen LogP contribution >= 0.6 is 11.6 Å². The average Bonchev–Trinajstić information content (AvgIpc) is 3.38. The first-order valence-corrected chi connectivity index (χ1v) is 16.1. The molecule has 0 atom stereocenters. The summed E-state index contributed by atoms with van der Waals surface area (Å²) < 4.78 is 20.2. The highest BCUT2D eigenvalue weighted by Crippen LogP contribution is 2.37. The van der Waals surface area contributed by atoms with Gasteiger partial charge in [-0.05, 0) is 61.3 Å². The number of hydrogen-bond donors (Lipinski definition) is 1. The van der Waals surface area contributed by atoms with E-state index in [4.69, 9.17) is 25.8 Å². The fourth-order valence-electron chi connectivity index (χ4n) is 5.99. The highest BCUT2D eigenvalue weighted by Gasteiger charge is 2.19. The molecule has 9 heteroatoms. The van der Waals surface area contributed by atoms with Gasteiger partial charge in [0.2, 0.25) is 5.91 Å². The second-order valence-corrected chi connectivity index (χ2v) is 12.0. The number of ether oxygens (including phenoxy) is 3. The van der Waals surface area contributed by atoms with Gasteiger partial charge in [-0.25, -0.2) is 0 Å². The Kier molecular flexibility index (Phi) is 10.3. The number of rotatable bonds is 5. The molecule has 1 aromatic heterocycles. The Morgan fingerprint density at radius 1 is 0.773 bits per heavy atom. The van der Waals surface area contributed by atoms with Crippen LogP contribution in [-0.4, -0.2) is 72.8 Å². The summed E-state index contributed by atoms with van der Waals surface area (Å²) in [6.07, 6.45) is 6.37. The summed E-state index contributed by atoms with van der Waals surface area (Å²) in [7, 11) is 0. The average molecular weight is 617 g/mol. The predicted octanol–water partition coefficient (Wildman–Crippen LogP) is 6.81. The molecule has 2 aliphatic heterocycles. The molecule has 1 amide bonds. The highest BCUT2D eigenvalue weighted by molar-refractivity contribution is 6.31. The van der Waals surface area contributed by atoms with E-state index in [1.807, 2.05) is 24.3 Å². The highest BCUT2D eigenvalue weighted by atomic mass is 35.5. The number of morpholine rings is 1. The van der Waals surface area contributed by atoms with Crippen LogP contribution in [0.5, 0.6) is 17.2 Å². The lowest BCUT2D eigenvalue weighted by Gasteiger charge is -2.26. The van der Waals surface area contributed by atoms with Crippen molar-refractivity contribution in [3.8, 4) is 17.2 Å². The van der Waals surface area contributed by atoms with E-state index in [9.17, 15) is 4.79 Å². The van der Waals surface area contributed by atoms with Crippen molar-refractivity contribution in [2.24, 2.45) is 0 Å². The molecule has 3 heterocycles. The number of halogens is 1. The molecule has 0 radical (unpaired) electrons. The van der Waals surface area contributed by atoms with Gasteiger partial charge in [0.15, 0.2) is 17.2 Å². The van der Waals surface area contributed by atoms with Gasteiger partial charge in [-0.1, -0.05) is 54.8 Å². The topological polar surface area (TPSA) is 68.2 Å². The Bertz CT molecular complexity index is 1550. The van der Waals surface area contributed by atoms with Crippen LogP contribution in [0.25, 0.3) is 10.9 Å². The quantitative estimate of drug-likeness (QED) is 0.266. The molecule has 232 valence electrons. The predicted molar refractivity (Wildman–Crippen MR) is 175 cm³/mol. The molecule has 4 aromatic rings. The minimum Gasteiger partial charge on any atom is -0.490 e. The van der Waals surface area contributed by atoms with E-state index in [-0.39, 0.29) is 12.5 Å². The zero-order chi connectivity index (χ0) is 30.1. The van der Waals surface area contributed by atoms with Crippen molar-refractivity contribution >= 4 is 34.1 Å². The van der Waals surface area contributed by atoms with E-state index in [2.05, 4.69) is 50.1 Å².